The summed E-state index contributed by atoms with van der Waals surface area (Å²) in [6.45, 7) is 1.78. The van der Waals surface area contributed by atoms with Crippen molar-refractivity contribution in [2.24, 2.45) is 0 Å². The van der Waals surface area contributed by atoms with Crippen LogP contribution in [0.2, 0.25) is 5.02 Å². The van der Waals surface area contributed by atoms with Crippen LogP contribution in [0.3, 0.4) is 0 Å². The van der Waals surface area contributed by atoms with Crippen LogP contribution in [0.1, 0.15) is 31.2 Å². The van der Waals surface area contributed by atoms with Crippen molar-refractivity contribution in [2.75, 3.05) is 6.61 Å². The van der Waals surface area contributed by atoms with Crippen LogP contribution < -0.4 is 5.56 Å². The summed E-state index contributed by atoms with van der Waals surface area (Å²) in [4.78, 5) is 43.2. The number of rotatable bonds is 7. The highest BCUT2D eigenvalue weighted by atomic mass is 35.5. The molecule has 0 amide bonds. The number of aromatic nitrogens is 2. The fourth-order valence-electron chi connectivity index (χ4n) is 3.32. The van der Waals surface area contributed by atoms with Crippen LogP contribution in [-0.4, -0.2) is 27.9 Å². The molecule has 32 heavy (non-hydrogen) atoms. The van der Waals surface area contributed by atoms with E-state index in [-0.39, 0.29) is 24.5 Å². The summed E-state index contributed by atoms with van der Waals surface area (Å²) >= 11 is 6.98. The van der Waals surface area contributed by atoms with Crippen molar-refractivity contribution in [1.82, 2.24) is 9.55 Å². The number of ketones is 1. The van der Waals surface area contributed by atoms with Crippen molar-refractivity contribution in [3.8, 4) is 0 Å². The summed E-state index contributed by atoms with van der Waals surface area (Å²) in [7, 11) is 0. The van der Waals surface area contributed by atoms with Crippen LogP contribution in [0.15, 0.2) is 65.7 Å². The number of aryl methyl sites for hydroxylation is 1. The SMILES string of the molecule is Cc1c(C(=O)OCCc2ccccc2)sc2ncn(CC(=O)c3ccc(Cl)cc3)c(=O)c12. The first-order valence-electron chi connectivity index (χ1n) is 9.92. The van der Waals surface area contributed by atoms with E-state index in [1.807, 2.05) is 30.3 Å². The number of benzene rings is 2. The van der Waals surface area contributed by atoms with Crippen molar-refractivity contribution < 1.29 is 14.3 Å². The van der Waals surface area contributed by atoms with Gasteiger partial charge in [-0.25, -0.2) is 9.78 Å². The van der Waals surface area contributed by atoms with Gasteiger partial charge in [-0.2, -0.15) is 0 Å². The first-order chi connectivity index (χ1) is 15.4. The molecule has 0 radical (unpaired) electrons. The molecule has 6 nitrogen and oxygen atoms in total. The van der Waals surface area contributed by atoms with Gasteiger partial charge in [-0.05, 0) is 42.3 Å². The van der Waals surface area contributed by atoms with Gasteiger partial charge in [-0.1, -0.05) is 41.9 Å². The smallest absolute Gasteiger partial charge is 0.348 e. The number of halogens is 1. The third kappa shape index (κ3) is 4.64. The number of nitrogens with zero attached hydrogens (tertiary/aromatic N) is 2. The lowest BCUT2D eigenvalue weighted by Gasteiger charge is -2.05. The molecule has 2 aromatic heterocycles. The lowest BCUT2D eigenvalue weighted by atomic mass is 10.1. The molecule has 0 aliphatic carbocycles. The number of ether oxygens (including phenoxy) is 1. The highest BCUT2D eigenvalue weighted by molar-refractivity contribution is 7.20. The van der Waals surface area contributed by atoms with Crippen molar-refractivity contribution in [3.05, 3.63) is 97.9 Å². The lowest BCUT2D eigenvalue weighted by molar-refractivity contribution is 0.0514. The summed E-state index contributed by atoms with van der Waals surface area (Å²) in [5.41, 5.74) is 1.67. The van der Waals surface area contributed by atoms with Gasteiger partial charge in [0.1, 0.15) is 9.71 Å². The highest BCUT2D eigenvalue weighted by Crippen LogP contribution is 2.27. The van der Waals surface area contributed by atoms with Gasteiger partial charge < -0.3 is 4.74 Å². The Hall–Kier alpha value is -3.29. The van der Waals surface area contributed by atoms with Crippen LogP contribution in [0.25, 0.3) is 10.2 Å². The summed E-state index contributed by atoms with van der Waals surface area (Å²) in [5, 5.41) is 0.857. The van der Waals surface area contributed by atoms with Crippen LogP contribution in [0.4, 0.5) is 0 Å². The molecule has 0 N–H and O–H groups in total. The summed E-state index contributed by atoms with van der Waals surface area (Å²) < 4.78 is 6.67. The molecule has 0 bridgehead atoms. The van der Waals surface area contributed by atoms with Gasteiger partial charge in [-0.15, -0.1) is 11.3 Å². The second-order valence-corrected chi connectivity index (χ2v) is 8.65. The van der Waals surface area contributed by atoms with E-state index in [1.54, 1.807) is 31.2 Å². The zero-order valence-corrected chi connectivity index (χ0v) is 18.8. The van der Waals surface area contributed by atoms with Crippen LogP contribution in [0.5, 0.6) is 0 Å². The molecule has 0 fully saturated rings. The fourth-order valence-corrected chi connectivity index (χ4v) is 4.48. The number of Topliss-reactive ketones (excluding diaryl/α,β-unsaturated/α-hetero) is 1. The maximum atomic E-state index is 13.0. The van der Waals surface area contributed by atoms with Crippen LogP contribution >= 0.6 is 22.9 Å². The average molecular weight is 467 g/mol. The van der Waals surface area contributed by atoms with Gasteiger partial charge in [0.15, 0.2) is 5.78 Å². The van der Waals surface area contributed by atoms with Crippen molar-refractivity contribution >= 4 is 44.9 Å². The zero-order valence-electron chi connectivity index (χ0n) is 17.2. The Bertz CT molecular complexity index is 1340. The minimum atomic E-state index is -0.482. The Labute approximate surface area is 193 Å². The lowest BCUT2D eigenvalue weighted by Crippen LogP contribution is -2.24. The van der Waals surface area contributed by atoms with Crippen LogP contribution in [-0.2, 0) is 17.7 Å². The number of carbonyl (C=O) groups excluding carboxylic acids is 2. The van der Waals surface area contributed by atoms with Gasteiger partial charge in [0.2, 0.25) is 0 Å². The largest absolute Gasteiger partial charge is 0.461 e. The Morgan fingerprint density at radius 1 is 1.09 bits per heavy atom. The molecule has 162 valence electrons. The van der Waals surface area contributed by atoms with Crippen molar-refractivity contribution in [2.45, 2.75) is 19.9 Å². The summed E-state index contributed by atoms with van der Waals surface area (Å²) in [5.74, 6) is -0.719. The maximum absolute atomic E-state index is 13.0. The number of esters is 1. The van der Waals surface area contributed by atoms with E-state index in [4.69, 9.17) is 16.3 Å². The Kier molecular flexibility index (Phi) is 6.48. The summed E-state index contributed by atoms with van der Waals surface area (Å²) in [6, 6.07) is 16.2. The summed E-state index contributed by atoms with van der Waals surface area (Å²) in [6.07, 6.45) is 1.94. The predicted molar refractivity (Wildman–Crippen MR) is 125 cm³/mol. The Balaban J connectivity index is 1.52. The molecule has 0 aliphatic heterocycles. The number of fused-ring (bicyclic) bond motifs is 1. The second-order valence-electron chi connectivity index (χ2n) is 7.22. The molecule has 0 spiro atoms. The van der Waals surface area contributed by atoms with E-state index >= 15 is 0 Å². The van der Waals surface area contributed by atoms with E-state index in [1.165, 1.54) is 10.9 Å². The molecule has 0 saturated carbocycles. The van der Waals surface area contributed by atoms with E-state index in [2.05, 4.69) is 4.98 Å². The maximum Gasteiger partial charge on any atom is 0.348 e. The molecule has 8 heteroatoms. The standard InChI is InChI=1S/C24H19ClN2O4S/c1-15-20-22(32-21(15)24(30)31-12-11-16-5-3-2-4-6-16)26-14-27(23(20)29)13-19(28)17-7-9-18(25)10-8-17/h2-10,14H,11-13H2,1H3. The highest BCUT2D eigenvalue weighted by Gasteiger charge is 2.21. The van der Waals surface area contributed by atoms with Crippen LogP contribution in [0, 0.1) is 6.92 Å². The molecular formula is C24H19ClN2O4S. The third-order valence-electron chi connectivity index (χ3n) is 5.05. The molecule has 4 aromatic rings. The second kappa shape index (κ2) is 9.46. The molecule has 0 aliphatic rings. The quantitative estimate of drug-likeness (QED) is 0.291. The third-order valence-corrected chi connectivity index (χ3v) is 6.48. The van der Waals surface area contributed by atoms with E-state index < -0.39 is 5.97 Å². The number of carbonyl (C=O) groups is 2. The minimum absolute atomic E-state index is 0.157. The van der Waals surface area contributed by atoms with Gasteiger partial charge >= 0.3 is 5.97 Å². The molecule has 0 unspecified atom stereocenters. The van der Waals surface area contributed by atoms with E-state index in [0.29, 0.717) is 37.7 Å². The Morgan fingerprint density at radius 3 is 2.53 bits per heavy atom. The fraction of sp³-hybridized carbons (Fsp3) is 0.167. The Morgan fingerprint density at radius 2 is 1.81 bits per heavy atom. The first-order valence-corrected chi connectivity index (χ1v) is 11.1. The van der Waals surface area contributed by atoms with Gasteiger partial charge in [0.05, 0.1) is 24.9 Å². The minimum Gasteiger partial charge on any atom is -0.461 e. The number of hydrogen-bond donors (Lipinski definition) is 0. The monoisotopic (exact) mass is 466 g/mol. The number of hydrogen-bond acceptors (Lipinski definition) is 6. The van der Waals surface area contributed by atoms with Gasteiger partial charge in [0, 0.05) is 17.0 Å². The molecule has 2 aromatic carbocycles. The van der Waals surface area contributed by atoms with Crippen molar-refractivity contribution in [1.29, 1.82) is 0 Å². The average Bonchev–Trinajstić information content (AvgIpc) is 3.14. The molecular weight excluding hydrogens is 448 g/mol. The number of thiophene rings is 1. The van der Waals surface area contributed by atoms with Gasteiger partial charge in [-0.3, -0.25) is 14.2 Å². The molecule has 0 saturated heterocycles. The predicted octanol–water partition coefficient (Wildman–Crippen LogP) is 4.70. The van der Waals surface area contributed by atoms with Gasteiger partial charge in [0.25, 0.3) is 5.56 Å². The molecule has 2 heterocycles. The molecule has 0 atom stereocenters. The zero-order chi connectivity index (χ0) is 22.7. The van der Waals surface area contributed by atoms with Crippen molar-refractivity contribution in [3.63, 3.8) is 0 Å². The normalized spacial score (nSPS) is 10.9. The van der Waals surface area contributed by atoms with E-state index in [9.17, 15) is 14.4 Å². The first kappa shape index (κ1) is 21.9. The molecule has 4 rings (SSSR count). The topological polar surface area (TPSA) is 78.3 Å². The van der Waals surface area contributed by atoms with E-state index in [0.717, 1.165) is 16.9 Å².